The summed E-state index contributed by atoms with van der Waals surface area (Å²) in [5.41, 5.74) is 0.626. The third-order valence-electron chi connectivity index (χ3n) is 2.78. The Kier molecular flexibility index (Phi) is 3.58. The zero-order valence-corrected chi connectivity index (χ0v) is 9.37. The lowest BCUT2D eigenvalue weighted by atomic mass is 10.1. The van der Waals surface area contributed by atoms with Crippen LogP contribution < -0.4 is 10.6 Å². The van der Waals surface area contributed by atoms with Crippen LogP contribution in [0.1, 0.15) is 18.4 Å². The van der Waals surface area contributed by atoms with E-state index in [0.717, 1.165) is 25.5 Å². The van der Waals surface area contributed by atoms with Gasteiger partial charge in [0, 0.05) is 19.2 Å². The van der Waals surface area contributed by atoms with E-state index in [1.165, 1.54) is 12.1 Å². The molecule has 3 N–H and O–H groups in total. The Balaban J connectivity index is 1.94. The molecule has 1 aliphatic rings. The Labute approximate surface area is 98.8 Å². The highest BCUT2D eigenvalue weighted by atomic mass is 19.1. The van der Waals surface area contributed by atoms with Gasteiger partial charge in [-0.25, -0.2) is 4.39 Å². The van der Waals surface area contributed by atoms with Gasteiger partial charge in [0.15, 0.2) is 0 Å². The zero-order valence-electron chi connectivity index (χ0n) is 9.37. The van der Waals surface area contributed by atoms with Crippen LogP contribution in [0.2, 0.25) is 0 Å². The zero-order chi connectivity index (χ0) is 12.3. The Bertz CT molecular complexity index is 403. The van der Waals surface area contributed by atoms with E-state index in [9.17, 15) is 14.3 Å². The van der Waals surface area contributed by atoms with Gasteiger partial charge in [0.05, 0.1) is 6.04 Å². The maximum Gasteiger partial charge on any atom is 0.237 e. The van der Waals surface area contributed by atoms with Crippen LogP contribution in [0.25, 0.3) is 0 Å². The molecule has 1 unspecified atom stereocenters. The van der Waals surface area contributed by atoms with Crippen molar-refractivity contribution in [2.24, 2.45) is 0 Å². The van der Waals surface area contributed by atoms with Gasteiger partial charge in [-0.15, -0.1) is 0 Å². The number of benzene rings is 1. The molecule has 0 saturated carbocycles. The van der Waals surface area contributed by atoms with Crippen LogP contribution in [0.4, 0.5) is 4.39 Å². The minimum absolute atomic E-state index is 0.0168. The van der Waals surface area contributed by atoms with Gasteiger partial charge in [-0.2, -0.15) is 0 Å². The van der Waals surface area contributed by atoms with E-state index >= 15 is 0 Å². The van der Waals surface area contributed by atoms with Gasteiger partial charge in [-0.05, 0) is 30.5 Å². The Morgan fingerprint density at radius 2 is 2.29 bits per heavy atom. The first-order valence-electron chi connectivity index (χ1n) is 5.65. The summed E-state index contributed by atoms with van der Waals surface area (Å²) in [4.78, 5) is 11.5. The smallest absolute Gasteiger partial charge is 0.237 e. The van der Waals surface area contributed by atoms with E-state index in [4.69, 9.17) is 0 Å². The van der Waals surface area contributed by atoms with Crippen molar-refractivity contribution in [1.29, 1.82) is 0 Å². The lowest BCUT2D eigenvalue weighted by Gasteiger charge is -2.22. The maximum absolute atomic E-state index is 13.0. The lowest BCUT2D eigenvalue weighted by Crippen LogP contribution is -2.47. The van der Waals surface area contributed by atoms with Crippen molar-refractivity contribution in [3.63, 3.8) is 0 Å². The van der Waals surface area contributed by atoms with E-state index in [1.54, 1.807) is 0 Å². The van der Waals surface area contributed by atoms with Crippen LogP contribution in [-0.4, -0.2) is 23.6 Å². The summed E-state index contributed by atoms with van der Waals surface area (Å²) < 4.78 is 13.0. The molecular weight excluding hydrogens is 223 g/mol. The fourth-order valence-electron chi connectivity index (χ4n) is 1.94. The van der Waals surface area contributed by atoms with Gasteiger partial charge < -0.3 is 15.7 Å². The number of phenolic OH excluding ortho intramolecular Hbond substituents is 1. The third-order valence-corrected chi connectivity index (χ3v) is 2.78. The molecular formula is C12H15FN2O2. The second-order valence-corrected chi connectivity index (χ2v) is 4.18. The predicted octanol–water partition coefficient (Wildman–Crippen LogP) is 0.899. The van der Waals surface area contributed by atoms with Crippen molar-refractivity contribution in [2.75, 3.05) is 6.54 Å². The summed E-state index contributed by atoms with van der Waals surface area (Å²) in [5, 5.41) is 15.1. The van der Waals surface area contributed by atoms with Gasteiger partial charge in [0.1, 0.15) is 11.6 Å². The summed E-state index contributed by atoms with van der Waals surface area (Å²) in [6.45, 7) is 1.08. The number of carbonyl (C=O) groups is 1. The highest BCUT2D eigenvalue weighted by Gasteiger charge is 2.20. The third kappa shape index (κ3) is 3.17. The monoisotopic (exact) mass is 238 g/mol. The topological polar surface area (TPSA) is 61.4 Å². The number of nitrogens with one attached hydrogen (secondary N) is 2. The first kappa shape index (κ1) is 11.9. The molecule has 1 amide bonds. The van der Waals surface area contributed by atoms with Crippen LogP contribution in [0.3, 0.4) is 0 Å². The molecule has 5 heteroatoms. The normalized spacial score (nSPS) is 20.1. The quantitative estimate of drug-likeness (QED) is 0.733. The van der Waals surface area contributed by atoms with Crippen molar-refractivity contribution in [3.8, 4) is 5.75 Å². The van der Waals surface area contributed by atoms with Crippen molar-refractivity contribution in [2.45, 2.75) is 25.4 Å². The highest BCUT2D eigenvalue weighted by molar-refractivity contribution is 5.82. The van der Waals surface area contributed by atoms with Crippen LogP contribution in [0.15, 0.2) is 18.2 Å². The van der Waals surface area contributed by atoms with E-state index in [2.05, 4.69) is 10.6 Å². The number of piperidine rings is 1. The largest absolute Gasteiger partial charge is 0.508 e. The first-order chi connectivity index (χ1) is 8.15. The van der Waals surface area contributed by atoms with Crippen molar-refractivity contribution in [1.82, 2.24) is 10.6 Å². The number of halogens is 1. The first-order valence-corrected chi connectivity index (χ1v) is 5.65. The summed E-state index contributed by atoms with van der Waals surface area (Å²) >= 11 is 0. The molecule has 92 valence electrons. The molecule has 17 heavy (non-hydrogen) atoms. The van der Waals surface area contributed by atoms with E-state index in [1.807, 2.05) is 0 Å². The van der Waals surface area contributed by atoms with Crippen LogP contribution in [0.5, 0.6) is 5.75 Å². The average molecular weight is 238 g/mol. The summed E-state index contributed by atoms with van der Waals surface area (Å²) in [5.74, 6) is -0.596. The fraction of sp³-hybridized carbons (Fsp3) is 0.417. The molecule has 1 aromatic rings. The Hall–Kier alpha value is -1.62. The summed E-state index contributed by atoms with van der Waals surface area (Å²) in [6, 6.07) is 3.65. The number of amides is 1. The summed E-state index contributed by atoms with van der Waals surface area (Å²) in [7, 11) is 0. The molecule has 0 bridgehead atoms. The molecule has 1 aliphatic heterocycles. The maximum atomic E-state index is 13.0. The Morgan fingerprint density at radius 3 is 3.00 bits per heavy atom. The molecule has 1 aromatic carbocycles. The van der Waals surface area contributed by atoms with Gasteiger partial charge in [0.2, 0.25) is 5.91 Å². The molecule has 0 spiro atoms. The minimum atomic E-state index is -0.477. The average Bonchev–Trinajstić information content (AvgIpc) is 2.27. The molecule has 1 atom stereocenters. The van der Waals surface area contributed by atoms with Gasteiger partial charge in [0.25, 0.3) is 0 Å². The standard InChI is InChI=1S/C12H15FN2O2/c13-9-4-8(5-10(16)6-9)7-15-11-2-1-3-14-12(11)17/h4-6,11,15-16H,1-3,7H2,(H,14,17). The Morgan fingerprint density at radius 1 is 1.47 bits per heavy atom. The van der Waals surface area contributed by atoms with Gasteiger partial charge in [-0.1, -0.05) is 0 Å². The van der Waals surface area contributed by atoms with Crippen LogP contribution >= 0.6 is 0 Å². The minimum Gasteiger partial charge on any atom is -0.508 e. The molecule has 1 saturated heterocycles. The highest BCUT2D eigenvalue weighted by Crippen LogP contribution is 2.15. The molecule has 0 aromatic heterocycles. The van der Waals surface area contributed by atoms with Crippen molar-refractivity contribution < 1.29 is 14.3 Å². The summed E-state index contributed by atoms with van der Waals surface area (Å²) in [6.07, 6.45) is 1.73. The second kappa shape index (κ2) is 5.14. The number of rotatable bonds is 3. The number of hydrogen-bond donors (Lipinski definition) is 3. The van der Waals surface area contributed by atoms with Crippen LogP contribution in [0, 0.1) is 5.82 Å². The van der Waals surface area contributed by atoms with E-state index in [0.29, 0.717) is 12.1 Å². The van der Waals surface area contributed by atoms with E-state index in [-0.39, 0.29) is 17.7 Å². The molecule has 1 heterocycles. The molecule has 1 fully saturated rings. The van der Waals surface area contributed by atoms with Crippen LogP contribution in [-0.2, 0) is 11.3 Å². The molecule has 0 radical (unpaired) electrons. The SMILES string of the molecule is O=C1NCCCC1NCc1cc(O)cc(F)c1. The lowest BCUT2D eigenvalue weighted by molar-refractivity contribution is -0.124. The van der Waals surface area contributed by atoms with Crippen molar-refractivity contribution in [3.05, 3.63) is 29.6 Å². The molecule has 4 nitrogen and oxygen atoms in total. The van der Waals surface area contributed by atoms with Crippen molar-refractivity contribution >= 4 is 5.91 Å². The van der Waals surface area contributed by atoms with Gasteiger partial charge >= 0.3 is 0 Å². The molecule has 2 rings (SSSR count). The number of phenols is 1. The second-order valence-electron chi connectivity index (χ2n) is 4.18. The number of hydrogen-bond acceptors (Lipinski definition) is 3. The predicted molar refractivity (Wildman–Crippen MR) is 60.9 cm³/mol. The number of carbonyl (C=O) groups excluding carboxylic acids is 1. The molecule has 0 aliphatic carbocycles. The van der Waals surface area contributed by atoms with Gasteiger partial charge in [-0.3, -0.25) is 4.79 Å². The number of aromatic hydroxyl groups is 1. The fourth-order valence-corrected chi connectivity index (χ4v) is 1.94. The van der Waals surface area contributed by atoms with E-state index < -0.39 is 5.82 Å².